The van der Waals surface area contributed by atoms with Crippen molar-refractivity contribution >= 4 is 33.4 Å². The Morgan fingerprint density at radius 1 is 1.14 bits per heavy atom. The molecule has 0 spiro atoms. The molecule has 0 aliphatic carbocycles. The molecule has 1 N–H and O–H groups in total. The molecular weight excluding hydrogens is 396 g/mol. The first kappa shape index (κ1) is 22.1. The summed E-state index contributed by atoms with van der Waals surface area (Å²) in [4.78, 5) is 13.7. The molecule has 0 aromatic heterocycles. The summed E-state index contributed by atoms with van der Waals surface area (Å²) in [6.07, 6.45) is 1.10. The van der Waals surface area contributed by atoms with E-state index in [1.54, 1.807) is 43.0 Å². The van der Waals surface area contributed by atoms with Crippen LogP contribution in [0.5, 0.6) is 5.75 Å². The summed E-state index contributed by atoms with van der Waals surface area (Å²) in [5, 5.41) is 2.82. The number of rotatable bonds is 10. The molecule has 1 amide bonds. The molecule has 2 aromatic carbocycles. The van der Waals surface area contributed by atoms with Gasteiger partial charge in [-0.05, 0) is 50.2 Å². The molecule has 152 valence electrons. The Labute approximate surface area is 171 Å². The maximum atomic E-state index is 12.5. The molecule has 6 nitrogen and oxygen atoms in total. The molecule has 0 radical (unpaired) electrons. The molecule has 0 heterocycles. The summed E-state index contributed by atoms with van der Waals surface area (Å²) in [5.41, 5.74) is 0.423. The lowest BCUT2D eigenvalue weighted by atomic mass is 10.2. The third kappa shape index (κ3) is 6.45. The van der Waals surface area contributed by atoms with Gasteiger partial charge in [-0.15, -0.1) is 11.8 Å². The van der Waals surface area contributed by atoms with Crippen molar-refractivity contribution in [3.63, 3.8) is 0 Å². The predicted octanol–water partition coefficient (Wildman–Crippen LogP) is 3.15. The summed E-state index contributed by atoms with van der Waals surface area (Å²) < 4.78 is 31.1. The number of sulfonamides is 1. The topological polar surface area (TPSA) is 75.7 Å². The number of nitrogens with zero attached hydrogens (tertiary/aromatic N) is 1. The number of thioether (sulfide) groups is 1. The Bertz CT molecular complexity index is 856. The smallest absolute Gasteiger partial charge is 0.243 e. The molecule has 1 atom stereocenters. The molecule has 28 heavy (non-hydrogen) atoms. The summed E-state index contributed by atoms with van der Waals surface area (Å²) >= 11 is 1.63. The van der Waals surface area contributed by atoms with Gasteiger partial charge < -0.3 is 10.1 Å². The summed E-state index contributed by atoms with van der Waals surface area (Å²) in [6.45, 7) is 4.43. The Hall–Kier alpha value is -2.19. The van der Waals surface area contributed by atoms with Gasteiger partial charge >= 0.3 is 0 Å². The van der Waals surface area contributed by atoms with Gasteiger partial charge in [0.25, 0.3) is 0 Å². The van der Waals surface area contributed by atoms with Crippen LogP contribution in [-0.2, 0) is 14.8 Å². The lowest BCUT2D eigenvalue weighted by Gasteiger charge is -2.28. The minimum Gasteiger partial charge on any atom is -0.494 e. The zero-order chi connectivity index (χ0) is 20.6. The van der Waals surface area contributed by atoms with E-state index in [-0.39, 0.29) is 5.91 Å². The fraction of sp³-hybridized carbons (Fsp3) is 0.350. The highest BCUT2D eigenvalue weighted by atomic mass is 32.2. The largest absolute Gasteiger partial charge is 0.494 e. The first-order valence-corrected chi connectivity index (χ1v) is 11.8. The van der Waals surface area contributed by atoms with Crippen LogP contribution in [0.15, 0.2) is 59.5 Å². The number of nitrogens with one attached hydrogen (secondary N) is 1. The fourth-order valence-electron chi connectivity index (χ4n) is 2.67. The molecule has 0 bridgehead atoms. The number of carbonyl (C=O) groups excluding carboxylic acids is 1. The quantitative estimate of drug-likeness (QED) is 0.470. The van der Waals surface area contributed by atoms with Crippen LogP contribution in [0.25, 0.3) is 0 Å². The lowest BCUT2D eigenvalue weighted by molar-refractivity contribution is -0.121. The van der Waals surface area contributed by atoms with Crippen molar-refractivity contribution in [1.82, 2.24) is 5.32 Å². The molecule has 0 unspecified atom stereocenters. The van der Waals surface area contributed by atoms with Gasteiger partial charge in [0.1, 0.15) is 11.8 Å². The van der Waals surface area contributed by atoms with Gasteiger partial charge in [-0.25, -0.2) is 8.42 Å². The van der Waals surface area contributed by atoms with Crippen molar-refractivity contribution in [3.05, 3.63) is 54.6 Å². The van der Waals surface area contributed by atoms with Gasteiger partial charge in [0, 0.05) is 17.2 Å². The minimum atomic E-state index is -3.63. The highest BCUT2D eigenvalue weighted by Crippen LogP contribution is 2.24. The molecule has 0 fully saturated rings. The second-order valence-electron chi connectivity index (χ2n) is 6.11. The number of benzene rings is 2. The first-order valence-electron chi connectivity index (χ1n) is 9.00. The standard InChI is InChI=1S/C20H26N2O4S2/c1-4-26-18-12-10-17(11-13-18)22(28(3,24)25)16(2)20(23)21-14-15-27-19-8-6-5-7-9-19/h5-13,16H,4,14-15H2,1-3H3,(H,21,23)/t16-/m0/s1. The van der Waals surface area contributed by atoms with Crippen LogP contribution in [0.3, 0.4) is 0 Å². The fourth-order valence-corrected chi connectivity index (χ4v) is 4.64. The van der Waals surface area contributed by atoms with Crippen LogP contribution < -0.4 is 14.4 Å². The average molecular weight is 423 g/mol. The van der Waals surface area contributed by atoms with Crippen LogP contribution in [0.2, 0.25) is 0 Å². The molecule has 2 aromatic rings. The third-order valence-corrected chi connectivity index (χ3v) is 6.16. The van der Waals surface area contributed by atoms with E-state index < -0.39 is 16.1 Å². The van der Waals surface area contributed by atoms with Crippen LogP contribution in [0.4, 0.5) is 5.69 Å². The van der Waals surface area contributed by atoms with Crippen LogP contribution in [-0.4, -0.2) is 45.5 Å². The zero-order valence-corrected chi connectivity index (χ0v) is 17.9. The number of ether oxygens (including phenoxy) is 1. The van der Waals surface area contributed by atoms with Crippen LogP contribution >= 0.6 is 11.8 Å². The van der Waals surface area contributed by atoms with Crippen molar-refractivity contribution in [2.75, 3.05) is 29.5 Å². The van der Waals surface area contributed by atoms with E-state index in [0.717, 1.165) is 15.5 Å². The maximum Gasteiger partial charge on any atom is 0.243 e. The molecule has 0 aliphatic rings. The number of carbonyl (C=O) groups is 1. The van der Waals surface area contributed by atoms with Gasteiger partial charge in [-0.3, -0.25) is 9.10 Å². The van der Waals surface area contributed by atoms with E-state index in [0.29, 0.717) is 30.3 Å². The SMILES string of the molecule is CCOc1ccc(N([C@@H](C)C(=O)NCCSc2ccccc2)S(C)(=O)=O)cc1. The van der Waals surface area contributed by atoms with Gasteiger partial charge in [0.05, 0.1) is 18.6 Å². The van der Waals surface area contributed by atoms with Gasteiger partial charge in [0.15, 0.2) is 0 Å². The molecule has 0 saturated carbocycles. The van der Waals surface area contributed by atoms with Crippen LogP contribution in [0.1, 0.15) is 13.8 Å². The molecule has 8 heteroatoms. The van der Waals surface area contributed by atoms with Crippen molar-refractivity contribution in [1.29, 1.82) is 0 Å². The zero-order valence-electron chi connectivity index (χ0n) is 16.3. The normalized spacial score (nSPS) is 12.2. The Balaban J connectivity index is 1.99. The number of hydrogen-bond acceptors (Lipinski definition) is 5. The summed E-state index contributed by atoms with van der Waals surface area (Å²) in [6, 6.07) is 15.7. The third-order valence-electron chi connectivity index (χ3n) is 3.90. The molecule has 0 saturated heterocycles. The van der Waals surface area contributed by atoms with E-state index >= 15 is 0 Å². The predicted molar refractivity (Wildman–Crippen MR) is 115 cm³/mol. The number of hydrogen-bond donors (Lipinski definition) is 1. The van der Waals surface area contributed by atoms with E-state index in [4.69, 9.17) is 4.74 Å². The first-order chi connectivity index (χ1) is 13.3. The van der Waals surface area contributed by atoms with Crippen molar-refractivity contribution in [2.24, 2.45) is 0 Å². The van der Waals surface area contributed by atoms with E-state index in [9.17, 15) is 13.2 Å². The van der Waals surface area contributed by atoms with Crippen molar-refractivity contribution in [3.8, 4) is 5.75 Å². The summed E-state index contributed by atoms with van der Waals surface area (Å²) in [7, 11) is -3.63. The van der Waals surface area contributed by atoms with Gasteiger partial charge in [-0.2, -0.15) is 0 Å². The lowest BCUT2D eigenvalue weighted by Crippen LogP contribution is -2.48. The molecule has 2 rings (SSSR count). The Kier molecular flexibility index (Phi) is 8.19. The van der Waals surface area contributed by atoms with Crippen molar-refractivity contribution in [2.45, 2.75) is 24.8 Å². The van der Waals surface area contributed by atoms with E-state index in [1.807, 2.05) is 37.3 Å². The van der Waals surface area contributed by atoms with E-state index in [1.165, 1.54) is 0 Å². The van der Waals surface area contributed by atoms with Gasteiger partial charge in [0.2, 0.25) is 15.9 Å². The second-order valence-corrected chi connectivity index (χ2v) is 9.14. The monoisotopic (exact) mass is 422 g/mol. The highest BCUT2D eigenvalue weighted by Gasteiger charge is 2.28. The van der Waals surface area contributed by atoms with E-state index in [2.05, 4.69) is 5.32 Å². The summed E-state index contributed by atoms with van der Waals surface area (Å²) in [5.74, 6) is 1.01. The van der Waals surface area contributed by atoms with Crippen LogP contribution in [0, 0.1) is 0 Å². The maximum absolute atomic E-state index is 12.5. The number of anilines is 1. The molecular formula is C20H26N2O4S2. The number of amides is 1. The molecule has 0 aliphatic heterocycles. The second kappa shape index (κ2) is 10.4. The Morgan fingerprint density at radius 3 is 2.36 bits per heavy atom. The van der Waals surface area contributed by atoms with Crippen molar-refractivity contribution < 1.29 is 17.9 Å². The Morgan fingerprint density at radius 2 is 1.79 bits per heavy atom. The van der Waals surface area contributed by atoms with Gasteiger partial charge in [-0.1, -0.05) is 18.2 Å². The average Bonchev–Trinajstić information content (AvgIpc) is 2.66. The highest BCUT2D eigenvalue weighted by molar-refractivity contribution is 7.99. The minimum absolute atomic E-state index is 0.340.